The molecule has 0 aromatic heterocycles. The van der Waals surface area contributed by atoms with Gasteiger partial charge in [-0.25, -0.2) is 9.79 Å². The lowest BCUT2D eigenvalue weighted by Crippen LogP contribution is -2.45. The molecule has 1 fully saturated rings. The molecule has 2 aliphatic heterocycles. The molecule has 1 atom stereocenters. The summed E-state index contributed by atoms with van der Waals surface area (Å²) in [7, 11) is 1.56. The number of ether oxygens (including phenoxy) is 3. The molecule has 0 saturated carbocycles. The van der Waals surface area contributed by atoms with E-state index >= 15 is 0 Å². The summed E-state index contributed by atoms with van der Waals surface area (Å²) in [4.78, 5) is 32.5. The molecule has 2 heterocycles. The number of benzene rings is 2. The van der Waals surface area contributed by atoms with E-state index in [0.717, 1.165) is 11.1 Å². The maximum absolute atomic E-state index is 13.3. The molecule has 1 saturated heterocycles. The van der Waals surface area contributed by atoms with Gasteiger partial charge in [0, 0.05) is 12.2 Å². The molecule has 2 aliphatic rings. The van der Waals surface area contributed by atoms with E-state index < -0.39 is 12.0 Å². The lowest BCUT2D eigenvalue weighted by molar-refractivity contribution is -0.141. The summed E-state index contributed by atoms with van der Waals surface area (Å²) in [6.07, 6.45) is 0.375. The minimum atomic E-state index is -0.661. The van der Waals surface area contributed by atoms with Crippen molar-refractivity contribution in [3.05, 3.63) is 70.9 Å². The molecule has 7 nitrogen and oxygen atoms in total. The predicted molar refractivity (Wildman–Crippen MR) is 127 cm³/mol. The molecule has 4 rings (SSSR count). The van der Waals surface area contributed by atoms with Crippen LogP contribution in [0.15, 0.2) is 64.8 Å². The molecule has 2 aromatic rings. The number of aliphatic imine (C=N–C) groups is 1. The molecule has 0 unspecified atom stereocenters. The second-order valence-electron chi connectivity index (χ2n) is 7.56. The van der Waals surface area contributed by atoms with Crippen molar-refractivity contribution < 1.29 is 23.8 Å². The predicted octanol–water partition coefficient (Wildman–Crippen LogP) is 4.49. The minimum Gasteiger partial charge on any atom is -0.493 e. The number of carbonyl (C=O) groups is 2. The Bertz CT molecular complexity index is 1110. The number of amides is 1. The van der Waals surface area contributed by atoms with Crippen LogP contribution in [0.1, 0.15) is 37.4 Å². The number of esters is 1. The fourth-order valence-electron chi connectivity index (χ4n) is 3.90. The Labute approximate surface area is 197 Å². The Hall–Kier alpha value is -3.26. The van der Waals surface area contributed by atoms with E-state index in [-0.39, 0.29) is 12.5 Å². The first-order valence-electron chi connectivity index (χ1n) is 10.8. The zero-order valence-corrected chi connectivity index (χ0v) is 19.7. The van der Waals surface area contributed by atoms with Gasteiger partial charge in [-0.3, -0.25) is 9.69 Å². The van der Waals surface area contributed by atoms with Crippen LogP contribution in [0.25, 0.3) is 0 Å². The second kappa shape index (κ2) is 10.1. The summed E-state index contributed by atoms with van der Waals surface area (Å²) < 4.78 is 16.8. The highest BCUT2D eigenvalue weighted by Crippen LogP contribution is 2.42. The molecular weight excluding hydrogens is 440 g/mol. The largest absolute Gasteiger partial charge is 0.493 e. The Morgan fingerprint density at radius 1 is 1.18 bits per heavy atom. The summed E-state index contributed by atoms with van der Waals surface area (Å²) in [5.74, 6) is 1.22. The van der Waals surface area contributed by atoms with Gasteiger partial charge in [0.05, 0.1) is 31.0 Å². The lowest BCUT2D eigenvalue weighted by Gasteiger charge is -2.39. The highest BCUT2D eigenvalue weighted by Gasteiger charge is 2.42. The quantitative estimate of drug-likeness (QED) is 0.560. The van der Waals surface area contributed by atoms with Gasteiger partial charge in [0.15, 0.2) is 16.7 Å². The number of thioether (sulfide) groups is 1. The van der Waals surface area contributed by atoms with Crippen molar-refractivity contribution in [1.29, 1.82) is 0 Å². The molecule has 0 N–H and O–H groups in total. The SMILES string of the molecule is CCOc1ccc([C@H]2C(C(=O)OCc3ccccc3)=C(C)N=C3SCCC(=O)N32)cc1OC. The van der Waals surface area contributed by atoms with Gasteiger partial charge in [0.25, 0.3) is 0 Å². The van der Waals surface area contributed by atoms with Crippen molar-refractivity contribution >= 4 is 28.8 Å². The van der Waals surface area contributed by atoms with Crippen LogP contribution in [0.5, 0.6) is 11.5 Å². The average molecular weight is 467 g/mol. The van der Waals surface area contributed by atoms with Crippen LogP contribution in [0.2, 0.25) is 0 Å². The van der Waals surface area contributed by atoms with Gasteiger partial charge in [-0.15, -0.1) is 0 Å². The van der Waals surface area contributed by atoms with E-state index in [0.29, 0.717) is 46.7 Å². The van der Waals surface area contributed by atoms with E-state index in [1.54, 1.807) is 25.0 Å². The number of hydrogen-bond acceptors (Lipinski definition) is 7. The molecular formula is C25H26N2O5S. The topological polar surface area (TPSA) is 77.4 Å². The molecule has 33 heavy (non-hydrogen) atoms. The number of nitrogens with zero attached hydrogens (tertiary/aromatic N) is 2. The smallest absolute Gasteiger partial charge is 0.338 e. The first-order chi connectivity index (χ1) is 16.0. The monoisotopic (exact) mass is 466 g/mol. The molecule has 0 radical (unpaired) electrons. The van der Waals surface area contributed by atoms with Crippen molar-refractivity contribution in [3.8, 4) is 11.5 Å². The highest BCUT2D eigenvalue weighted by atomic mass is 32.2. The Morgan fingerprint density at radius 3 is 2.70 bits per heavy atom. The molecule has 0 aliphatic carbocycles. The third-order valence-corrected chi connectivity index (χ3v) is 6.40. The third kappa shape index (κ3) is 4.75. The van der Waals surface area contributed by atoms with Gasteiger partial charge in [0.2, 0.25) is 5.91 Å². The third-order valence-electron chi connectivity index (χ3n) is 5.44. The summed E-state index contributed by atoms with van der Waals surface area (Å²) >= 11 is 1.51. The highest BCUT2D eigenvalue weighted by molar-refractivity contribution is 8.14. The van der Waals surface area contributed by atoms with Gasteiger partial charge in [0.1, 0.15) is 6.61 Å². The van der Waals surface area contributed by atoms with Gasteiger partial charge in [-0.1, -0.05) is 48.2 Å². The normalized spacial score (nSPS) is 17.9. The van der Waals surface area contributed by atoms with E-state index in [2.05, 4.69) is 4.99 Å². The van der Waals surface area contributed by atoms with E-state index in [1.165, 1.54) is 11.8 Å². The maximum atomic E-state index is 13.3. The minimum absolute atomic E-state index is 0.0776. The van der Waals surface area contributed by atoms with Gasteiger partial charge in [-0.05, 0) is 37.1 Å². The number of methoxy groups -OCH3 is 1. The molecule has 0 spiro atoms. The Balaban J connectivity index is 1.74. The van der Waals surface area contributed by atoms with E-state index in [4.69, 9.17) is 14.2 Å². The summed E-state index contributed by atoms with van der Waals surface area (Å²) in [6.45, 7) is 4.30. The van der Waals surface area contributed by atoms with Crippen LogP contribution < -0.4 is 9.47 Å². The summed E-state index contributed by atoms with van der Waals surface area (Å²) in [5, 5.41) is 0.598. The van der Waals surface area contributed by atoms with Crippen molar-refractivity contribution in [1.82, 2.24) is 4.90 Å². The number of rotatable bonds is 7. The van der Waals surface area contributed by atoms with Crippen LogP contribution in [-0.2, 0) is 20.9 Å². The van der Waals surface area contributed by atoms with Crippen molar-refractivity contribution in [2.75, 3.05) is 19.5 Å². The van der Waals surface area contributed by atoms with E-state index in [9.17, 15) is 9.59 Å². The number of amidine groups is 1. The van der Waals surface area contributed by atoms with Gasteiger partial charge >= 0.3 is 5.97 Å². The van der Waals surface area contributed by atoms with Crippen LogP contribution in [0.4, 0.5) is 0 Å². The summed E-state index contributed by atoms with van der Waals surface area (Å²) in [5.41, 5.74) is 2.49. The lowest BCUT2D eigenvalue weighted by atomic mass is 9.93. The number of hydrogen-bond donors (Lipinski definition) is 0. The first kappa shape index (κ1) is 22.9. The zero-order valence-electron chi connectivity index (χ0n) is 18.9. The Kier molecular flexibility index (Phi) is 7.03. The molecule has 1 amide bonds. The van der Waals surface area contributed by atoms with E-state index in [1.807, 2.05) is 49.4 Å². The molecule has 172 valence electrons. The van der Waals surface area contributed by atoms with Crippen molar-refractivity contribution in [3.63, 3.8) is 0 Å². The van der Waals surface area contributed by atoms with Gasteiger partial charge in [-0.2, -0.15) is 0 Å². The molecule has 0 bridgehead atoms. The van der Waals surface area contributed by atoms with Crippen LogP contribution in [0.3, 0.4) is 0 Å². The molecule has 2 aromatic carbocycles. The summed E-state index contributed by atoms with van der Waals surface area (Å²) in [6, 6.07) is 14.3. The number of carbonyl (C=O) groups excluding carboxylic acids is 2. The fraction of sp³-hybridized carbons (Fsp3) is 0.320. The number of allylic oxidation sites excluding steroid dienone is 1. The van der Waals surface area contributed by atoms with Crippen LogP contribution >= 0.6 is 11.8 Å². The second-order valence-corrected chi connectivity index (χ2v) is 8.63. The standard InChI is InChI=1S/C25H26N2O5S/c1-4-31-19-11-10-18(14-20(19)30-3)23-22(24(29)32-15-17-8-6-5-7-9-17)16(2)26-25-27(23)21(28)12-13-33-25/h5-11,14,23H,4,12-13,15H2,1-3H3/t23-/m0/s1. The maximum Gasteiger partial charge on any atom is 0.338 e. The zero-order chi connectivity index (χ0) is 23.4. The van der Waals surface area contributed by atoms with Crippen LogP contribution in [-0.4, -0.2) is 41.4 Å². The van der Waals surface area contributed by atoms with Crippen molar-refractivity contribution in [2.24, 2.45) is 4.99 Å². The molecule has 8 heteroatoms. The average Bonchev–Trinajstić information content (AvgIpc) is 2.83. The fourth-order valence-corrected chi connectivity index (χ4v) is 4.91. The first-order valence-corrected chi connectivity index (χ1v) is 11.8. The van der Waals surface area contributed by atoms with Gasteiger partial charge < -0.3 is 14.2 Å². The van der Waals surface area contributed by atoms with Crippen LogP contribution in [0, 0.1) is 0 Å². The Morgan fingerprint density at radius 2 is 1.97 bits per heavy atom. The van der Waals surface area contributed by atoms with Crippen molar-refractivity contribution in [2.45, 2.75) is 32.9 Å². The number of fused-ring (bicyclic) bond motifs is 1.